The van der Waals surface area contributed by atoms with Crippen LogP contribution in [0.4, 0.5) is 0 Å². The summed E-state index contributed by atoms with van der Waals surface area (Å²) < 4.78 is 0. The van der Waals surface area contributed by atoms with Crippen molar-refractivity contribution in [1.29, 1.82) is 5.41 Å². The van der Waals surface area contributed by atoms with E-state index >= 15 is 0 Å². The number of amides is 1. The van der Waals surface area contributed by atoms with Gasteiger partial charge >= 0.3 is 0 Å². The fourth-order valence-corrected chi connectivity index (χ4v) is 1.35. The molecule has 0 aliphatic carbocycles. The summed E-state index contributed by atoms with van der Waals surface area (Å²) in [6.45, 7) is 6.39. The van der Waals surface area contributed by atoms with Gasteiger partial charge in [-0.25, -0.2) is 0 Å². The van der Waals surface area contributed by atoms with Gasteiger partial charge in [0, 0.05) is 5.56 Å². The molecule has 0 heterocycles. The lowest BCUT2D eigenvalue weighted by molar-refractivity contribution is 0.100. The Labute approximate surface area is 110 Å². The molecule has 0 saturated heterocycles. The minimum absolute atomic E-state index is 0.375. The van der Waals surface area contributed by atoms with Crippen LogP contribution < -0.4 is 5.73 Å². The van der Waals surface area contributed by atoms with Gasteiger partial charge < -0.3 is 11.1 Å². The molecule has 18 heavy (non-hydrogen) atoms. The molecular formula is C15H24N2O. The summed E-state index contributed by atoms with van der Waals surface area (Å²) in [5.41, 5.74) is 6.72. The highest BCUT2D eigenvalue weighted by Crippen LogP contribution is 2.04. The maximum atomic E-state index is 10.5. The molecule has 0 aliphatic heterocycles. The Balaban J connectivity index is 0.000000331. The summed E-state index contributed by atoms with van der Waals surface area (Å²) in [6, 6.07) is 7.16. The summed E-state index contributed by atoms with van der Waals surface area (Å²) >= 11 is 0. The molecule has 0 spiro atoms. The lowest BCUT2D eigenvalue weighted by Crippen LogP contribution is -2.10. The molecular weight excluding hydrogens is 224 g/mol. The minimum atomic E-state index is -0.375. The molecule has 3 nitrogen and oxygen atoms in total. The molecule has 0 radical (unpaired) electrons. The number of hydrogen-bond donors (Lipinski definition) is 2. The molecule has 3 heteroatoms. The van der Waals surface area contributed by atoms with Gasteiger partial charge in [0.2, 0.25) is 5.91 Å². The van der Waals surface area contributed by atoms with E-state index in [0.717, 1.165) is 17.9 Å². The fourth-order valence-electron chi connectivity index (χ4n) is 1.35. The molecule has 100 valence electrons. The lowest BCUT2D eigenvalue weighted by atomic mass is 10.1. The predicted molar refractivity (Wildman–Crippen MR) is 77.2 cm³/mol. The van der Waals surface area contributed by atoms with E-state index in [1.807, 2.05) is 19.1 Å². The molecule has 0 unspecified atom stereocenters. The first-order valence-corrected chi connectivity index (χ1v) is 6.32. The minimum Gasteiger partial charge on any atom is -0.366 e. The third-order valence-electron chi connectivity index (χ3n) is 2.47. The molecule has 0 fully saturated rings. The number of unbranched alkanes of at least 4 members (excludes halogenated alkanes) is 1. The molecule has 0 aromatic heterocycles. The maximum Gasteiger partial charge on any atom is 0.248 e. The molecule has 1 aromatic carbocycles. The van der Waals surface area contributed by atoms with Crippen LogP contribution in [0.25, 0.3) is 0 Å². The summed E-state index contributed by atoms with van der Waals surface area (Å²) in [5, 5.41) is 6.72. The van der Waals surface area contributed by atoms with Crippen LogP contribution in [0.3, 0.4) is 0 Å². The van der Waals surface area contributed by atoms with Gasteiger partial charge in [-0.05, 0) is 44.0 Å². The Morgan fingerprint density at radius 2 is 1.89 bits per heavy atom. The van der Waals surface area contributed by atoms with Crippen molar-refractivity contribution in [2.45, 2.75) is 40.0 Å². The number of nitrogens with two attached hydrogens (primary N) is 1. The van der Waals surface area contributed by atoms with E-state index in [-0.39, 0.29) is 5.91 Å². The monoisotopic (exact) mass is 248 g/mol. The van der Waals surface area contributed by atoms with Crippen molar-refractivity contribution in [3.05, 3.63) is 35.4 Å². The Kier molecular flexibility index (Phi) is 8.54. The van der Waals surface area contributed by atoms with Gasteiger partial charge in [0.05, 0.1) is 0 Å². The van der Waals surface area contributed by atoms with Gasteiger partial charge in [0.15, 0.2) is 0 Å². The van der Waals surface area contributed by atoms with Gasteiger partial charge in [-0.2, -0.15) is 0 Å². The van der Waals surface area contributed by atoms with E-state index in [4.69, 9.17) is 11.1 Å². The summed E-state index contributed by atoms with van der Waals surface area (Å²) in [6.07, 6.45) is 4.89. The van der Waals surface area contributed by atoms with E-state index in [0.29, 0.717) is 5.56 Å². The van der Waals surface area contributed by atoms with E-state index in [1.54, 1.807) is 12.1 Å². The third kappa shape index (κ3) is 8.50. The number of carbonyl (C=O) groups is 1. The van der Waals surface area contributed by atoms with Crippen LogP contribution >= 0.6 is 0 Å². The third-order valence-corrected chi connectivity index (χ3v) is 2.47. The number of nitrogens with one attached hydrogen (secondary N) is 1. The first kappa shape index (κ1) is 16.4. The van der Waals surface area contributed by atoms with Crippen LogP contribution in [0.2, 0.25) is 0 Å². The normalized spacial score (nSPS) is 9.56. The van der Waals surface area contributed by atoms with Crippen LogP contribution in [-0.2, 0) is 0 Å². The van der Waals surface area contributed by atoms with Crippen LogP contribution in [0.1, 0.15) is 49.0 Å². The number of hydrogen-bond acceptors (Lipinski definition) is 2. The first-order valence-electron chi connectivity index (χ1n) is 6.32. The average molecular weight is 248 g/mol. The molecule has 0 saturated carbocycles. The number of rotatable bonds is 5. The smallest absolute Gasteiger partial charge is 0.248 e. The Hall–Kier alpha value is -1.64. The van der Waals surface area contributed by atoms with Crippen molar-refractivity contribution in [1.82, 2.24) is 0 Å². The molecule has 0 bridgehead atoms. The van der Waals surface area contributed by atoms with Crippen molar-refractivity contribution in [3.8, 4) is 0 Å². The number of primary amides is 1. The highest BCUT2D eigenvalue weighted by Gasteiger charge is 1.96. The van der Waals surface area contributed by atoms with Gasteiger partial charge in [-0.15, -0.1) is 0 Å². The average Bonchev–Trinajstić information content (AvgIpc) is 2.30. The highest BCUT2D eigenvalue weighted by molar-refractivity contribution is 5.92. The second kappa shape index (κ2) is 9.40. The zero-order chi connectivity index (χ0) is 14.0. The summed E-state index contributed by atoms with van der Waals surface area (Å²) in [4.78, 5) is 10.5. The van der Waals surface area contributed by atoms with Crippen LogP contribution in [-0.4, -0.2) is 12.1 Å². The van der Waals surface area contributed by atoms with E-state index in [9.17, 15) is 4.79 Å². The summed E-state index contributed by atoms with van der Waals surface area (Å²) in [7, 11) is 0. The van der Waals surface area contributed by atoms with E-state index in [2.05, 4.69) is 13.8 Å². The largest absolute Gasteiger partial charge is 0.366 e. The Morgan fingerprint density at radius 3 is 2.28 bits per heavy atom. The van der Waals surface area contributed by atoms with Gasteiger partial charge in [-0.3, -0.25) is 4.79 Å². The van der Waals surface area contributed by atoms with E-state index < -0.39 is 0 Å². The number of carbonyl (C=O) groups excluding carboxylic acids is 1. The molecule has 3 N–H and O–H groups in total. The zero-order valence-electron chi connectivity index (χ0n) is 11.6. The van der Waals surface area contributed by atoms with Crippen LogP contribution in [0.15, 0.2) is 24.3 Å². The molecule has 0 aliphatic rings. The topological polar surface area (TPSA) is 66.9 Å². The number of benzene rings is 1. The van der Waals surface area contributed by atoms with Gasteiger partial charge in [-0.1, -0.05) is 38.0 Å². The van der Waals surface area contributed by atoms with Crippen molar-refractivity contribution in [2.24, 2.45) is 11.7 Å². The molecule has 0 atom stereocenters. The quantitative estimate of drug-likeness (QED) is 0.607. The van der Waals surface area contributed by atoms with Gasteiger partial charge in [0.1, 0.15) is 0 Å². The molecule has 1 rings (SSSR count). The zero-order valence-corrected chi connectivity index (χ0v) is 11.6. The standard InChI is InChI=1S/C8H9NO.C7H15N/c1-6-2-4-7(5-3-6)8(9)10;1-7(2)5-3-4-6-8/h2-5H,1H3,(H2,9,10);6-8H,3-5H2,1-2H3. The predicted octanol–water partition coefficient (Wildman–Crippen LogP) is 3.56. The first-order chi connectivity index (χ1) is 8.47. The maximum absolute atomic E-state index is 10.5. The summed E-state index contributed by atoms with van der Waals surface area (Å²) in [5.74, 6) is 0.426. The lowest BCUT2D eigenvalue weighted by Gasteiger charge is -1.99. The molecule has 1 amide bonds. The Morgan fingerprint density at radius 1 is 1.33 bits per heavy atom. The highest BCUT2D eigenvalue weighted by atomic mass is 16.1. The second-order valence-electron chi connectivity index (χ2n) is 4.76. The number of aryl methyl sites for hydroxylation is 1. The van der Waals surface area contributed by atoms with Crippen molar-refractivity contribution in [3.63, 3.8) is 0 Å². The van der Waals surface area contributed by atoms with Gasteiger partial charge in [0.25, 0.3) is 0 Å². The van der Waals surface area contributed by atoms with Crippen LogP contribution in [0.5, 0.6) is 0 Å². The Bertz CT molecular complexity index is 355. The SMILES string of the molecule is CC(C)CCCC=N.Cc1ccc(C(N)=O)cc1. The van der Waals surface area contributed by atoms with Crippen LogP contribution in [0, 0.1) is 18.3 Å². The van der Waals surface area contributed by atoms with Crippen molar-refractivity contribution in [2.75, 3.05) is 0 Å². The second-order valence-corrected chi connectivity index (χ2v) is 4.76. The van der Waals surface area contributed by atoms with Crippen molar-refractivity contribution < 1.29 is 4.79 Å². The molecule has 1 aromatic rings. The van der Waals surface area contributed by atoms with Crippen molar-refractivity contribution >= 4 is 12.1 Å². The fraction of sp³-hybridized carbons (Fsp3) is 0.467. The van der Waals surface area contributed by atoms with E-state index in [1.165, 1.54) is 19.1 Å².